The molecule has 3 rings (SSSR count). The number of fused-ring (bicyclic) bond motifs is 2. The molecular formula is C11H7BrN2. The summed E-state index contributed by atoms with van der Waals surface area (Å²) in [7, 11) is 0. The molecular weight excluding hydrogens is 240 g/mol. The second-order valence-electron chi connectivity index (χ2n) is 3.26. The molecule has 0 fully saturated rings. The standard InChI is InChI=1S/C11H7BrN2/c12-10-6-14-11-4-8-5-13-2-1-7(8)3-9(10)11/h1-6,14H. The molecule has 0 unspecified atom stereocenters. The molecule has 0 atom stereocenters. The molecule has 0 aliphatic carbocycles. The van der Waals surface area contributed by atoms with Gasteiger partial charge >= 0.3 is 0 Å². The molecule has 0 amide bonds. The van der Waals surface area contributed by atoms with Crippen LogP contribution in [-0.2, 0) is 0 Å². The van der Waals surface area contributed by atoms with Crippen LogP contribution in [0.3, 0.4) is 0 Å². The van der Waals surface area contributed by atoms with Gasteiger partial charge in [-0.05, 0) is 39.5 Å². The van der Waals surface area contributed by atoms with Crippen LogP contribution in [0, 0.1) is 0 Å². The maximum Gasteiger partial charge on any atom is 0.0472 e. The third-order valence-corrected chi connectivity index (χ3v) is 3.04. The summed E-state index contributed by atoms with van der Waals surface area (Å²) in [5.41, 5.74) is 1.14. The average molecular weight is 247 g/mol. The molecule has 14 heavy (non-hydrogen) atoms. The first kappa shape index (κ1) is 8.00. The average Bonchev–Trinajstić information content (AvgIpc) is 2.57. The Kier molecular flexibility index (Phi) is 1.61. The molecule has 68 valence electrons. The Labute approximate surface area is 89.1 Å². The van der Waals surface area contributed by atoms with Crippen LogP contribution in [0.1, 0.15) is 0 Å². The van der Waals surface area contributed by atoms with Crippen molar-refractivity contribution in [2.45, 2.75) is 0 Å². The fourth-order valence-corrected chi connectivity index (χ4v) is 2.11. The third-order valence-electron chi connectivity index (χ3n) is 2.39. The van der Waals surface area contributed by atoms with E-state index in [1.54, 1.807) is 0 Å². The van der Waals surface area contributed by atoms with Crippen molar-refractivity contribution in [2.24, 2.45) is 0 Å². The minimum absolute atomic E-state index is 1.10. The van der Waals surface area contributed by atoms with Crippen molar-refractivity contribution in [3.05, 3.63) is 41.3 Å². The highest BCUT2D eigenvalue weighted by molar-refractivity contribution is 9.10. The zero-order valence-corrected chi connectivity index (χ0v) is 8.88. The molecule has 3 heteroatoms. The van der Waals surface area contributed by atoms with Crippen LogP contribution in [0.4, 0.5) is 0 Å². The molecule has 0 spiro atoms. The van der Waals surface area contributed by atoms with Crippen LogP contribution in [0.25, 0.3) is 21.7 Å². The predicted octanol–water partition coefficient (Wildman–Crippen LogP) is 3.48. The predicted molar refractivity (Wildman–Crippen MR) is 61.3 cm³/mol. The summed E-state index contributed by atoms with van der Waals surface area (Å²) < 4.78 is 1.10. The second-order valence-corrected chi connectivity index (χ2v) is 4.11. The second kappa shape index (κ2) is 2.82. The zero-order chi connectivity index (χ0) is 9.54. The molecule has 2 nitrogen and oxygen atoms in total. The van der Waals surface area contributed by atoms with Crippen molar-refractivity contribution in [3.63, 3.8) is 0 Å². The summed E-state index contributed by atoms with van der Waals surface area (Å²) in [6.07, 6.45) is 5.65. The number of hydrogen-bond donors (Lipinski definition) is 1. The SMILES string of the molecule is Brc1c[nH]c2cc3cnccc3cc12. The molecule has 1 N–H and O–H groups in total. The van der Waals surface area contributed by atoms with Crippen molar-refractivity contribution in [3.8, 4) is 0 Å². The van der Waals surface area contributed by atoms with Gasteiger partial charge in [-0.3, -0.25) is 4.98 Å². The Balaban J connectivity index is 2.54. The van der Waals surface area contributed by atoms with Gasteiger partial charge in [-0.1, -0.05) is 0 Å². The number of hydrogen-bond acceptors (Lipinski definition) is 1. The lowest BCUT2D eigenvalue weighted by Crippen LogP contribution is -1.75. The fraction of sp³-hybridized carbons (Fsp3) is 0. The highest BCUT2D eigenvalue weighted by Crippen LogP contribution is 2.27. The smallest absolute Gasteiger partial charge is 0.0472 e. The number of nitrogens with zero attached hydrogens (tertiary/aromatic N) is 1. The summed E-state index contributed by atoms with van der Waals surface area (Å²) >= 11 is 3.51. The highest BCUT2D eigenvalue weighted by Gasteiger charge is 2.02. The molecule has 0 aliphatic rings. The van der Waals surface area contributed by atoms with Gasteiger partial charge < -0.3 is 4.98 Å². The first-order valence-corrected chi connectivity index (χ1v) is 5.14. The van der Waals surface area contributed by atoms with Crippen molar-refractivity contribution >= 4 is 37.6 Å². The lowest BCUT2D eigenvalue weighted by molar-refractivity contribution is 1.36. The summed E-state index contributed by atoms with van der Waals surface area (Å²) in [4.78, 5) is 7.31. The molecule has 0 bridgehead atoms. The highest BCUT2D eigenvalue weighted by atomic mass is 79.9. The minimum Gasteiger partial charge on any atom is -0.360 e. The largest absolute Gasteiger partial charge is 0.360 e. The fourth-order valence-electron chi connectivity index (χ4n) is 1.67. The first-order chi connectivity index (χ1) is 6.84. The van der Waals surface area contributed by atoms with E-state index in [1.165, 1.54) is 10.8 Å². The van der Waals surface area contributed by atoms with Crippen LogP contribution < -0.4 is 0 Å². The van der Waals surface area contributed by atoms with Crippen LogP contribution in [0.2, 0.25) is 0 Å². The van der Waals surface area contributed by atoms with E-state index in [4.69, 9.17) is 0 Å². The van der Waals surface area contributed by atoms with Crippen LogP contribution in [0.5, 0.6) is 0 Å². The number of pyridine rings is 1. The number of rotatable bonds is 0. The number of aromatic amines is 1. The Bertz CT molecular complexity index is 613. The van der Waals surface area contributed by atoms with Crippen LogP contribution >= 0.6 is 15.9 Å². The molecule has 0 aliphatic heterocycles. The number of halogens is 1. The van der Waals surface area contributed by atoms with Gasteiger partial charge in [0.15, 0.2) is 0 Å². The normalized spacial score (nSPS) is 11.2. The van der Waals surface area contributed by atoms with E-state index in [0.29, 0.717) is 0 Å². The minimum atomic E-state index is 1.10. The molecule has 0 saturated heterocycles. The summed E-state index contributed by atoms with van der Waals surface area (Å²) in [5.74, 6) is 0. The van der Waals surface area contributed by atoms with Gasteiger partial charge in [0.1, 0.15) is 0 Å². The summed E-state index contributed by atoms with van der Waals surface area (Å²) in [5, 5.41) is 3.59. The quantitative estimate of drug-likeness (QED) is 0.647. The molecule has 0 saturated carbocycles. The van der Waals surface area contributed by atoms with E-state index < -0.39 is 0 Å². The summed E-state index contributed by atoms with van der Waals surface area (Å²) in [6, 6.07) is 6.30. The van der Waals surface area contributed by atoms with Gasteiger partial charge in [-0.25, -0.2) is 0 Å². The van der Waals surface area contributed by atoms with E-state index in [1.807, 2.05) is 24.7 Å². The number of H-pyrrole nitrogens is 1. The Morgan fingerprint density at radius 1 is 1.21 bits per heavy atom. The number of nitrogens with one attached hydrogen (secondary N) is 1. The lowest BCUT2D eigenvalue weighted by atomic mass is 10.1. The van der Waals surface area contributed by atoms with Crippen molar-refractivity contribution in [1.29, 1.82) is 0 Å². The van der Waals surface area contributed by atoms with E-state index in [-0.39, 0.29) is 0 Å². The maximum atomic E-state index is 4.10. The zero-order valence-electron chi connectivity index (χ0n) is 7.29. The van der Waals surface area contributed by atoms with Gasteiger partial charge in [-0.15, -0.1) is 0 Å². The molecule has 0 radical (unpaired) electrons. The van der Waals surface area contributed by atoms with Gasteiger partial charge in [0.05, 0.1) is 0 Å². The molecule has 2 heterocycles. The van der Waals surface area contributed by atoms with Crippen molar-refractivity contribution in [1.82, 2.24) is 9.97 Å². The number of benzene rings is 1. The van der Waals surface area contributed by atoms with Crippen LogP contribution in [0.15, 0.2) is 41.3 Å². The first-order valence-electron chi connectivity index (χ1n) is 4.35. The van der Waals surface area contributed by atoms with Crippen molar-refractivity contribution in [2.75, 3.05) is 0 Å². The monoisotopic (exact) mass is 246 g/mol. The Hall–Kier alpha value is -1.35. The topological polar surface area (TPSA) is 28.7 Å². The molecule has 1 aromatic carbocycles. The summed E-state index contributed by atoms with van der Waals surface area (Å²) in [6.45, 7) is 0. The van der Waals surface area contributed by atoms with E-state index in [2.05, 4.69) is 38.0 Å². The Morgan fingerprint density at radius 3 is 3.07 bits per heavy atom. The van der Waals surface area contributed by atoms with Gasteiger partial charge in [0.2, 0.25) is 0 Å². The van der Waals surface area contributed by atoms with Gasteiger partial charge in [0.25, 0.3) is 0 Å². The van der Waals surface area contributed by atoms with Crippen LogP contribution in [-0.4, -0.2) is 9.97 Å². The molecule has 3 aromatic rings. The van der Waals surface area contributed by atoms with E-state index in [0.717, 1.165) is 15.4 Å². The van der Waals surface area contributed by atoms with E-state index >= 15 is 0 Å². The van der Waals surface area contributed by atoms with Gasteiger partial charge in [0, 0.05) is 39.4 Å². The maximum absolute atomic E-state index is 4.10. The van der Waals surface area contributed by atoms with Crippen molar-refractivity contribution < 1.29 is 0 Å². The van der Waals surface area contributed by atoms with Gasteiger partial charge in [-0.2, -0.15) is 0 Å². The molecule has 2 aromatic heterocycles. The van der Waals surface area contributed by atoms with E-state index in [9.17, 15) is 0 Å². The number of aromatic nitrogens is 2. The third kappa shape index (κ3) is 1.06. The Morgan fingerprint density at radius 2 is 2.14 bits per heavy atom. The lowest BCUT2D eigenvalue weighted by Gasteiger charge is -1.97.